The largest absolute Gasteiger partial charge is 0.352 e. The van der Waals surface area contributed by atoms with Crippen LogP contribution in [0.1, 0.15) is 59.3 Å². The number of carbonyl (C=O) groups is 2. The van der Waals surface area contributed by atoms with E-state index in [4.69, 9.17) is 0 Å². The van der Waals surface area contributed by atoms with Crippen molar-refractivity contribution >= 4 is 11.8 Å². The van der Waals surface area contributed by atoms with Gasteiger partial charge >= 0.3 is 0 Å². The Hall–Kier alpha value is -1.10. The Kier molecular flexibility index (Phi) is 7.33. The van der Waals surface area contributed by atoms with Gasteiger partial charge in [0.05, 0.1) is 0 Å². The van der Waals surface area contributed by atoms with Gasteiger partial charge in [-0.2, -0.15) is 0 Å². The number of hydrogen-bond donors (Lipinski definition) is 2. The minimum atomic E-state index is -0.478. The molecule has 0 unspecified atom stereocenters. The van der Waals surface area contributed by atoms with Crippen LogP contribution in [0, 0.1) is 5.92 Å². The van der Waals surface area contributed by atoms with E-state index in [1.807, 2.05) is 14.1 Å². The first kappa shape index (κ1) is 18.9. The third kappa shape index (κ3) is 6.34. The molecule has 1 aliphatic carbocycles. The second-order valence-corrected chi connectivity index (χ2v) is 7.42. The molecule has 5 heteroatoms. The highest BCUT2D eigenvalue weighted by Gasteiger charge is 2.24. The lowest BCUT2D eigenvalue weighted by molar-refractivity contribution is -0.129. The summed E-state index contributed by atoms with van der Waals surface area (Å²) in [6.07, 6.45) is 6.59. The van der Waals surface area contributed by atoms with Gasteiger partial charge in [-0.25, -0.2) is 0 Å². The maximum absolute atomic E-state index is 12.1. The Morgan fingerprint density at radius 1 is 1.18 bits per heavy atom. The third-order valence-electron chi connectivity index (χ3n) is 4.88. The van der Waals surface area contributed by atoms with Gasteiger partial charge in [-0.05, 0) is 53.6 Å². The zero-order valence-corrected chi connectivity index (χ0v) is 14.9. The zero-order chi connectivity index (χ0) is 16.8. The highest BCUT2D eigenvalue weighted by atomic mass is 16.2. The van der Waals surface area contributed by atoms with Gasteiger partial charge in [0.15, 0.2) is 0 Å². The summed E-state index contributed by atoms with van der Waals surface area (Å²) in [7, 11) is 3.98. The van der Waals surface area contributed by atoms with Gasteiger partial charge in [0.25, 0.3) is 0 Å². The molecule has 1 fully saturated rings. The number of hydrogen-bond acceptors (Lipinski definition) is 3. The van der Waals surface area contributed by atoms with Crippen LogP contribution in [-0.2, 0) is 9.59 Å². The van der Waals surface area contributed by atoms with E-state index in [1.165, 1.54) is 19.3 Å². The quantitative estimate of drug-likeness (QED) is 0.755. The van der Waals surface area contributed by atoms with Crippen LogP contribution in [-0.4, -0.2) is 48.9 Å². The maximum atomic E-state index is 12.1. The van der Waals surface area contributed by atoms with Gasteiger partial charge in [-0.3, -0.25) is 9.59 Å². The van der Waals surface area contributed by atoms with E-state index < -0.39 is 6.04 Å². The van der Waals surface area contributed by atoms with Gasteiger partial charge in [0.2, 0.25) is 11.8 Å². The Morgan fingerprint density at radius 2 is 1.77 bits per heavy atom. The highest BCUT2D eigenvalue weighted by Crippen LogP contribution is 2.26. The number of carbonyl (C=O) groups excluding carboxylic acids is 2. The molecule has 0 heterocycles. The van der Waals surface area contributed by atoms with Crippen LogP contribution in [0.4, 0.5) is 0 Å². The molecule has 0 aromatic heterocycles. The molecule has 0 bridgehead atoms. The Bertz CT molecular complexity index is 374. The third-order valence-corrected chi connectivity index (χ3v) is 4.88. The van der Waals surface area contributed by atoms with Crippen molar-refractivity contribution in [1.29, 1.82) is 0 Å². The van der Waals surface area contributed by atoms with Crippen molar-refractivity contribution in [1.82, 2.24) is 15.5 Å². The van der Waals surface area contributed by atoms with Crippen molar-refractivity contribution in [3.05, 3.63) is 0 Å². The lowest BCUT2D eigenvalue weighted by Crippen LogP contribution is -2.52. The maximum Gasteiger partial charge on any atom is 0.242 e. The van der Waals surface area contributed by atoms with E-state index in [9.17, 15) is 9.59 Å². The minimum Gasteiger partial charge on any atom is -0.352 e. The molecule has 5 nitrogen and oxygen atoms in total. The number of amides is 2. The molecule has 22 heavy (non-hydrogen) atoms. The lowest BCUT2D eigenvalue weighted by atomic mass is 9.87. The van der Waals surface area contributed by atoms with E-state index in [0.29, 0.717) is 18.9 Å². The molecule has 1 rings (SSSR count). The van der Waals surface area contributed by atoms with Crippen molar-refractivity contribution in [3.63, 3.8) is 0 Å². The number of nitrogens with zero attached hydrogens (tertiary/aromatic N) is 1. The molecule has 1 aliphatic rings. The summed E-state index contributed by atoms with van der Waals surface area (Å²) < 4.78 is 0. The predicted octanol–water partition coefficient (Wildman–Crippen LogP) is 1.92. The molecule has 1 saturated carbocycles. The molecule has 0 spiro atoms. The number of rotatable bonds is 7. The fourth-order valence-electron chi connectivity index (χ4n) is 2.63. The topological polar surface area (TPSA) is 61.4 Å². The normalized spacial score (nSPS) is 18.1. The monoisotopic (exact) mass is 311 g/mol. The summed E-state index contributed by atoms with van der Waals surface area (Å²) in [5.41, 5.74) is -0.110. The first-order valence-corrected chi connectivity index (χ1v) is 8.47. The second kappa shape index (κ2) is 8.51. The van der Waals surface area contributed by atoms with Gasteiger partial charge in [-0.1, -0.05) is 19.3 Å². The molecular weight excluding hydrogens is 278 g/mol. The van der Waals surface area contributed by atoms with Crippen molar-refractivity contribution < 1.29 is 9.59 Å². The highest BCUT2D eigenvalue weighted by molar-refractivity contribution is 5.87. The standard InChI is InChI=1S/C17H33N3O2/c1-13(16(22)18-12-17(2,3)20(4)5)19-15(21)11-14-9-7-6-8-10-14/h13-14H,6-12H2,1-5H3,(H,18,22)(H,19,21)/t13-/m1/s1. The smallest absolute Gasteiger partial charge is 0.242 e. The number of nitrogens with one attached hydrogen (secondary N) is 2. The molecule has 0 radical (unpaired) electrons. The summed E-state index contributed by atoms with van der Waals surface area (Å²) in [6.45, 7) is 6.44. The zero-order valence-electron chi connectivity index (χ0n) is 14.9. The molecular formula is C17H33N3O2. The molecule has 128 valence electrons. The van der Waals surface area contributed by atoms with E-state index in [2.05, 4.69) is 29.4 Å². The molecule has 0 saturated heterocycles. The first-order valence-electron chi connectivity index (χ1n) is 8.47. The summed E-state index contributed by atoms with van der Waals surface area (Å²) in [5, 5.41) is 5.75. The van der Waals surface area contributed by atoms with E-state index in [1.54, 1.807) is 6.92 Å². The fourth-order valence-corrected chi connectivity index (χ4v) is 2.63. The molecule has 1 atom stereocenters. The van der Waals surface area contributed by atoms with E-state index in [-0.39, 0.29) is 17.4 Å². The van der Waals surface area contributed by atoms with Crippen LogP contribution in [0.15, 0.2) is 0 Å². The van der Waals surface area contributed by atoms with Gasteiger partial charge in [-0.15, -0.1) is 0 Å². The van der Waals surface area contributed by atoms with Gasteiger partial charge in [0, 0.05) is 18.5 Å². The summed E-state index contributed by atoms with van der Waals surface area (Å²) in [6, 6.07) is -0.478. The fraction of sp³-hybridized carbons (Fsp3) is 0.882. The summed E-state index contributed by atoms with van der Waals surface area (Å²) in [5.74, 6) is 0.380. The number of likely N-dealkylation sites (N-methyl/N-ethyl adjacent to an activating group) is 1. The van der Waals surface area contributed by atoms with Crippen LogP contribution >= 0.6 is 0 Å². The summed E-state index contributed by atoms with van der Waals surface area (Å²) >= 11 is 0. The first-order chi connectivity index (χ1) is 10.2. The van der Waals surface area contributed by atoms with Crippen LogP contribution in [0.2, 0.25) is 0 Å². The molecule has 0 aromatic rings. The Morgan fingerprint density at radius 3 is 2.32 bits per heavy atom. The van der Waals surface area contributed by atoms with Crippen LogP contribution < -0.4 is 10.6 Å². The van der Waals surface area contributed by atoms with Crippen molar-refractivity contribution in [2.24, 2.45) is 5.92 Å². The Balaban J connectivity index is 2.32. The van der Waals surface area contributed by atoms with Crippen molar-refractivity contribution in [3.8, 4) is 0 Å². The molecule has 2 N–H and O–H groups in total. The average molecular weight is 311 g/mol. The van der Waals surface area contributed by atoms with Crippen molar-refractivity contribution in [2.75, 3.05) is 20.6 Å². The molecule has 0 aromatic carbocycles. The van der Waals surface area contributed by atoms with Gasteiger partial charge in [0.1, 0.15) is 6.04 Å². The SMILES string of the molecule is C[C@@H](NC(=O)CC1CCCCC1)C(=O)NCC(C)(C)N(C)C. The average Bonchev–Trinajstić information content (AvgIpc) is 2.45. The predicted molar refractivity (Wildman–Crippen MR) is 89.6 cm³/mol. The lowest BCUT2D eigenvalue weighted by Gasteiger charge is -2.33. The van der Waals surface area contributed by atoms with Crippen LogP contribution in [0.5, 0.6) is 0 Å². The Labute approximate surface area is 135 Å². The van der Waals surface area contributed by atoms with Crippen LogP contribution in [0.25, 0.3) is 0 Å². The summed E-state index contributed by atoms with van der Waals surface area (Å²) in [4.78, 5) is 26.2. The minimum absolute atomic E-state index is 0.00131. The van der Waals surface area contributed by atoms with Crippen molar-refractivity contribution in [2.45, 2.75) is 70.9 Å². The molecule has 0 aliphatic heterocycles. The van der Waals surface area contributed by atoms with Gasteiger partial charge < -0.3 is 15.5 Å². The van der Waals surface area contributed by atoms with Crippen LogP contribution in [0.3, 0.4) is 0 Å². The van der Waals surface area contributed by atoms with E-state index >= 15 is 0 Å². The second-order valence-electron chi connectivity index (χ2n) is 7.42. The van der Waals surface area contributed by atoms with E-state index in [0.717, 1.165) is 12.8 Å². The molecule has 2 amide bonds.